The molecule has 13 heavy (non-hydrogen) atoms. The molecule has 0 aromatic heterocycles. The number of hydrogen-bond donors (Lipinski definition) is 0. The Morgan fingerprint density at radius 3 is 2.08 bits per heavy atom. The highest BCUT2D eigenvalue weighted by molar-refractivity contribution is 5.85. The van der Waals surface area contributed by atoms with Gasteiger partial charge in [-0.05, 0) is 0 Å². The molecular formula is C8H21ClNO3+. The Hall–Kier alpha value is -0.320. The van der Waals surface area contributed by atoms with Crippen LogP contribution in [0.1, 0.15) is 12.8 Å². The van der Waals surface area contributed by atoms with Gasteiger partial charge in [0.2, 0.25) is 0 Å². The minimum absolute atomic E-state index is 0. The van der Waals surface area contributed by atoms with Crippen LogP contribution in [0.2, 0.25) is 0 Å². The number of halogens is 1. The van der Waals surface area contributed by atoms with Crippen LogP contribution in [-0.2, 0) is 9.53 Å². The minimum atomic E-state index is -0.113. The van der Waals surface area contributed by atoms with Gasteiger partial charge < -0.3 is 14.7 Å². The summed E-state index contributed by atoms with van der Waals surface area (Å²) in [5.74, 6) is -0.113. The van der Waals surface area contributed by atoms with Crippen LogP contribution >= 0.6 is 12.4 Å². The Balaban J connectivity index is -0.000000500. The van der Waals surface area contributed by atoms with Gasteiger partial charge in [-0.1, -0.05) is 0 Å². The lowest BCUT2D eigenvalue weighted by Gasteiger charge is -2.23. The summed E-state index contributed by atoms with van der Waals surface area (Å²) < 4.78 is 5.42. The smallest absolute Gasteiger partial charge is 0.305 e. The molecule has 2 N–H and O–H groups in total. The second-order valence-corrected chi connectivity index (χ2v) is 3.69. The van der Waals surface area contributed by atoms with Crippen molar-refractivity contribution in [3.63, 3.8) is 0 Å². The van der Waals surface area contributed by atoms with Crippen LogP contribution in [0.3, 0.4) is 0 Å². The van der Waals surface area contributed by atoms with Crippen LogP contribution < -0.4 is 0 Å². The molecule has 0 unspecified atom stereocenters. The highest BCUT2D eigenvalue weighted by Crippen LogP contribution is 1.97. The Morgan fingerprint density at radius 1 is 1.31 bits per heavy atom. The predicted molar refractivity (Wildman–Crippen MR) is 55.0 cm³/mol. The van der Waals surface area contributed by atoms with Gasteiger partial charge >= 0.3 is 5.97 Å². The Bertz CT molecular complexity index is 134. The van der Waals surface area contributed by atoms with E-state index in [1.807, 2.05) is 0 Å². The summed E-state index contributed by atoms with van der Waals surface area (Å²) in [7, 11) is 7.75. The molecule has 0 amide bonds. The number of quaternary nitrogens is 1. The van der Waals surface area contributed by atoms with Gasteiger partial charge in [0.15, 0.2) is 0 Å². The summed E-state index contributed by atoms with van der Waals surface area (Å²) >= 11 is 0. The van der Waals surface area contributed by atoms with Crippen molar-refractivity contribution in [2.45, 2.75) is 12.8 Å². The van der Waals surface area contributed by atoms with E-state index in [1.54, 1.807) is 0 Å². The van der Waals surface area contributed by atoms with E-state index in [-0.39, 0.29) is 23.9 Å². The summed E-state index contributed by atoms with van der Waals surface area (Å²) in [6.45, 7) is 1.01. The van der Waals surface area contributed by atoms with Gasteiger partial charge in [-0.15, -0.1) is 12.4 Å². The summed E-state index contributed by atoms with van der Waals surface area (Å²) in [4.78, 5) is 10.7. The van der Waals surface area contributed by atoms with Crippen LogP contribution in [0.4, 0.5) is 0 Å². The number of rotatable bonds is 4. The van der Waals surface area contributed by atoms with Crippen molar-refractivity contribution >= 4 is 18.4 Å². The molecule has 0 rings (SSSR count). The van der Waals surface area contributed by atoms with Crippen molar-refractivity contribution < 1.29 is 19.5 Å². The molecule has 0 fully saturated rings. The number of carbonyl (C=O) groups is 1. The third kappa shape index (κ3) is 14.5. The van der Waals surface area contributed by atoms with E-state index >= 15 is 0 Å². The van der Waals surface area contributed by atoms with E-state index in [1.165, 1.54) is 7.11 Å². The molecule has 0 aliphatic heterocycles. The number of carbonyl (C=O) groups excluding carboxylic acids is 1. The lowest BCUT2D eigenvalue weighted by molar-refractivity contribution is -0.870. The number of ether oxygens (including phenoxy) is 1. The second-order valence-electron chi connectivity index (χ2n) is 3.69. The quantitative estimate of drug-likeness (QED) is 0.498. The van der Waals surface area contributed by atoms with E-state index in [4.69, 9.17) is 0 Å². The molecule has 0 bridgehead atoms. The largest absolute Gasteiger partial charge is 0.469 e. The number of esters is 1. The third-order valence-electron chi connectivity index (χ3n) is 1.44. The molecule has 0 spiro atoms. The van der Waals surface area contributed by atoms with Crippen LogP contribution in [0, 0.1) is 0 Å². The zero-order valence-electron chi connectivity index (χ0n) is 8.79. The molecule has 0 aromatic rings. The normalized spacial score (nSPS) is 9.54. The maximum atomic E-state index is 10.7. The topological polar surface area (TPSA) is 57.8 Å². The molecule has 0 radical (unpaired) electrons. The van der Waals surface area contributed by atoms with Gasteiger partial charge in [-0.25, -0.2) is 0 Å². The van der Waals surface area contributed by atoms with Gasteiger partial charge in [-0.2, -0.15) is 0 Å². The molecule has 0 saturated heterocycles. The Labute approximate surface area is 86.2 Å². The molecule has 0 aromatic carbocycles. The number of nitrogens with zero attached hydrogens (tertiary/aromatic N) is 1. The fourth-order valence-electron chi connectivity index (χ4n) is 0.800. The standard InChI is InChI=1S/C8H18NO2.ClH.H2O/c1-9(2,3)7-5-6-8(10)11-4;;/h5-7H2,1-4H3;1H;1H2/q+1;;. The molecule has 0 atom stereocenters. The van der Waals surface area contributed by atoms with E-state index in [0.717, 1.165) is 17.4 Å². The molecular weight excluding hydrogens is 194 g/mol. The van der Waals surface area contributed by atoms with Crippen molar-refractivity contribution in [2.24, 2.45) is 0 Å². The van der Waals surface area contributed by atoms with Gasteiger partial charge in [0.25, 0.3) is 0 Å². The van der Waals surface area contributed by atoms with E-state index in [9.17, 15) is 4.79 Å². The zero-order valence-corrected chi connectivity index (χ0v) is 9.61. The fraction of sp³-hybridized carbons (Fsp3) is 0.875. The van der Waals surface area contributed by atoms with Gasteiger partial charge in [-0.3, -0.25) is 4.79 Å². The van der Waals surface area contributed by atoms with Gasteiger partial charge in [0, 0.05) is 6.42 Å². The molecule has 5 heteroatoms. The fourth-order valence-corrected chi connectivity index (χ4v) is 0.800. The second kappa shape index (κ2) is 8.29. The highest BCUT2D eigenvalue weighted by atomic mass is 35.5. The molecule has 0 aliphatic rings. The first kappa shape index (κ1) is 18.5. The summed E-state index contributed by atoms with van der Waals surface area (Å²) in [5, 5.41) is 0. The molecule has 4 nitrogen and oxygen atoms in total. The number of hydrogen-bond acceptors (Lipinski definition) is 2. The van der Waals surface area contributed by atoms with Crippen molar-refractivity contribution in [3.8, 4) is 0 Å². The van der Waals surface area contributed by atoms with Crippen molar-refractivity contribution in [3.05, 3.63) is 0 Å². The SMILES string of the molecule is COC(=O)CCC[N+](C)(C)C.Cl.O. The monoisotopic (exact) mass is 214 g/mol. The van der Waals surface area contributed by atoms with Crippen molar-refractivity contribution in [2.75, 3.05) is 34.8 Å². The van der Waals surface area contributed by atoms with Crippen LogP contribution in [0.25, 0.3) is 0 Å². The summed E-state index contributed by atoms with van der Waals surface area (Å²) in [5.41, 5.74) is 0. The lowest BCUT2D eigenvalue weighted by atomic mass is 10.3. The van der Waals surface area contributed by atoms with Crippen molar-refractivity contribution in [1.82, 2.24) is 0 Å². The summed E-state index contributed by atoms with van der Waals surface area (Å²) in [6, 6.07) is 0. The highest BCUT2D eigenvalue weighted by Gasteiger charge is 2.08. The van der Waals surface area contributed by atoms with E-state index in [2.05, 4.69) is 25.9 Å². The summed E-state index contributed by atoms with van der Waals surface area (Å²) in [6.07, 6.45) is 1.43. The molecule has 0 heterocycles. The Morgan fingerprint density at radius 2 is 1.77 bits per heavy atom. The van der Waals surface area contributed by atoms with E-state index < -0.39 is 0 Å². The molecule has 0 aliphatic carbocycles. The average molecular weight is 215 g/mol. The molecule has 82 valence electrons. The predicted octanol–water partition coefficient (Wildman–Crippen LogP) is 0.243. The maximum Gasteiger partial charge on any atom is 0.305 e. The third-order valence-corrected chi connectivity index (χ3v) is 1.44. The van der Waals surface area contributed by atoms with Gasteiger partial charge in [0.1, 0.15) is 0 Å². The maximum absolute atomic E-state index is 10.7. The lowest BCUT2D eigenvalue weighted by Crippen LogP contribution is -2.35. The van der Waals surface area contributed by atoms with E-state index in [0.29, 0.717) is 6.42 Å². The first-order valence-corrected chi connectivity index (χ1v) is 3.83. The van der Waals surface area contributed by atoms with Crippen LogP contribution in [0.15, 0.2) is 0 Å². The Kier molecular flexibility index (Phi) is 11.8. The molecule has 0 saturated carbocycles. The number of methoxy groups -OCH3 is 1. The first-order valence-electron chi connectivity index (χ1n) is 3.83. The van der Waals surface area contributed by atoms with Crippen molar-refractivity contribution in [1.29, 1.82) is 0 Å². The minimum Gasteiger partial charge on any atom is -0.469 e. The zero-order chi connectivity index (χ0) is 8.91. The van der Waals surface area contributed by atoms with Gasteiger partial charge in [0.05, 0.1) is 41.2 Å². The average Bonchev–Trinajstić information content (AvgIpc) is 1.85. The van der Waals surface area contributed by atoms with Crippen LogP contribution in [-0.4, -0.2) is 50.7 Å². The first-order chi connectivity index (χ1) is 4.95. The van der Waals surface area contributed by atoms with Crippen LogP contribution in [0.5, 0.6) is 0 Å².